The molecular formula is C24H24O6. The van der Waals surface area contributed by atoms with Crippen LogP contribution in [0.5, 0.6) is 17.2 Å². The van der Waals surface area contributed by atoms with Gasteiger partial charge in [0.25, 0.3) is 0 Å². The topological polar surface area (TPSA) is 96.2 Å². The maximum absolute atomic E-state index is 12.3. The first-order chi connectivity index (χ1) is 14.4. The smallest absolute Gasteiger partial charge is 0.342 e. The Balaban J connectivity index is 1.61. The molecule has 0 fully saturated rings. The number of hydrogen-bond donors (Lipinski definition) is 3. The van der Waals surface area contributed by atoms with Crippen LogP contribution in [-0.2, 0) is 4.74 Å². The summed E-state index contributed by atoms with van der Waals surface area (Å²) in [6.07, 6.45) is 2.93. The zero-order valence-corrected chi connectivity index (χ0v) is 16.8. The number of aliphatic hydroxyl groups is 1. The summed E-state index contributed by atoms with van der Waals surface area (Å²) in [6.45, 7) is 3.55. The number of ether oxygens (including phenoxy) is 2. The summed E-state index contributed by atoms with van der Waals surface area (Å²) in [4.78, 5) is 12.3. The average molecular weight is 408 g/mol. The van der Waals surface area contributed by atoms with Crippen molar-refractivity contribution in [3.8, 4) is 17.2 Å². The zero-order chi connectivity index (χ0) is 21.7. The molecule has 30 heavy (non-hydrogen) atoms. The number of esters is 1. The number of aromatic hydroxyl groups is 2. The van der Waals surface area contributed by atoms with Gasteiger partial charge in [-0.3, -0.25) is 0 Å². The van der Waals surface area contributed by atoms with Crippen molar-refractivity contribution in [2.24, 2.45) is 0 Å². The fourth-order valence-electron chi connectivity index (χ4n) is 3.08. The molecule has 3 aromatic carbocycles. The van der Waals surface area contributed by atoms with Gasteiger partial charge in [0.05, 0.1) is 0 Å². The van der Waals surface area contributed by atoms with E-state index in [1.807, 2.05) is 44.2 Å². The Bertz CT molecular complexity index is 1180. The van der Waals surface area contributed by atoms with Crippen molar-refractivity contribution < 1.29 is 29.6 Å². The largest absolute Gasteiger partial charge is 0.508 e. The lowest BCUT2D eigenvalue weighted by molar-refractivity contribution is 0.0128. The van der Waals surface area contributed by atoms with Crippen LogP contribution in [0, 0.1) is 0 Å². The van der Waals surface area contributed by atoms with Crippen molar-refractivity contribution >= 4 is 28.9 Å². The molecule has 156 valence electrons. The molecule has 3 rings (SSSR count). The molecule has 0 radical (unpaired) electrons. The van der Waals surface area contributed by atoms with Gasteiger partial charge in [-0.05, 0) is 71.5 Å². The summed E-state index contributed by atoms with van der Waals surface area (Å²) in [6, 6.07) is 13.1. The van der Waals surface area contributed by atoms with E-state index < -0.39 is 12.1 Å². The normalized spacial score (nSPS) is 13.4. The second-order valence-electron chi connectivity index (χ2n) is 6.83. The van der Waals surface area contributed by atoms with Crippen molar-refractivity contribution in [3.05, 3.63) is 64.5 Å². The van der Waals surface area contributed by atoms with E-state index in [2.05, 4.69) is 0 Å². The lowest BCUT2D eigenvalue weighted by Crippen LogP contribution is -2.27. The third kappa shape index (κ3) is 4.90. The number of benzene rings is 3. The maximum atomic E-state index is 12.3. The minimum atomic E-state index is -1.04. The van der Waals surface area contributed by atoms with Crippen LogP contribution in [0.4, 0.5) is 0 Å². The summed E-state index contributed by atoms with van der Waals surface area (Å²) in [5, 5.41) is 33.2. The van der Waals surface area contributed by atoms with E-state index in [0.29, 0.717) is 16.5 Å². The van der Waals surface area contributed by atoms with Crippen LogP contribution in [0.1, 0.15) is 24.2 Å². The Labute approximate surface area is 173 Å². The van der Waals surface area contributed by atoms with Crippen LogP contribution in [0.25, 0.3) is 22.9 Å². The van der Waals surface area contributed by atoms with Gasteiger partial charge in [0.1, 0.15) is 42.1 Å². The molecule has 0 aromatic heterocycles. The number of aliphatic hydroxyl groups excluding tert-OH is 1. The molecule has 0 aliphatic carbocycles. The summed E-state index contributed by atoms with van der Waals surface area (Å²) in [5.41, 5.74) is -0.0456. The van der Waals surface area contributed by atoms with Gasteiger partial charge in [0, 0.05) is 0 Å². The number of fused-ring (bicyclic) bond motifs is 1. The lowest BCUT2D eigenvalue weighted by Gasteiger charge is -2.14. The molecule has 3 N–H and O–H groups in total. The number of rotatable bonds is 6. The third-order valence-electron chi connectivity index (χ3n) is 4.69. The zero-order valence-electron chi connectivity index (χ0n) is 16.8. The summed E-state index contributed by atoms with van der Waals surface area (Å²) in [5.74, 6) is -0.359. The molecule has 0 bridgehead atoms. The van der Waals surface area contributed by atoms with Gasteiger partial charge < -0.3 is 24.8 Å². The molecule has 0 aliphatic rings. The number of phenolic OH excluding ortho intramolecular Hbond substituents is 2. The van der Waals surface area contributed by atoms with Crippen molar-refractivity contribution in [2.75, 3.05) is 13.2 Å². The van der Waals surface area contributed by atoms with E-state index in [1.54, 1.807) is 6.07 Å². The number of carbonyl (C=O) groups is 1. The lowest BCUT2D eigenvalue weighted by atomic mass is 10.1. The molecule has 1 atom stereocenters. The molecular weight excluding hydrogens is 384 g/mol. The minimum Gasteiger partial charge on any atom is -0.508 e. The van der Waals surface area contributed by atoms with Crippen molar-refractivity contribution in [1.82, 2.24) is 0 Å². The van der Waals surface area contributed by atoms with Crippen LogP contribution in [0.2, 0.25) is 0 Å². The van der Waals surface area contributed by atoms with Gasteiger partial charge >= 0.3 is 5.97 Å². The van der Waals surface area contributed by atoms with E-state index in [9.17, 15) is 20.1 Å². The van der Waals surface area contributed by atoms with Gasteiger partial charge in [-0.15, -0.1) is 0 Å². The first-order valence-electron chi connectivity index (χ1n) is 9.57. The van der Waals surface area contributed by atoms with E-state index in [1.165, 1.54) is 24.3 Å². The molecule has 6 heteroatoms. The maximum Gasteiger partial charge on any atom is 0.342 e. The Morgan fingerprint density at radius 2 is 1.70 bits per heavy atom. The molecule has 0 spiro atoms. The molecule has 0 amide bonds. The third-order valence-corrected chi connectivity index (χ3v) is 4.69. The highest BCUT2D eigenvalue weighted by molar-refractivity contribution is 5.98. The molecule has 0 aliphatic heterocycles. The van der Waals surface area contributed by atoms with E-state index in [-0.39, 0.29) is 30.3 Å². The predicted octanol–water partition coefficient (Wildman–Crippen LogP) is 2.45. The standard InChI is InChI=1S/C24H24O6/c1-3-15-6-8-21(10-16(15)4-2)29-13-20(26)14-30-24(28)22-11-18-9-19(25)7-5-17(18)12-23(22)27/h3-12,20,25-27H,13-14H2,1-2H3/b15-3-,16-4-. The average Bonchev–Trinajstić information content (AvgIpc) is 2.75. The number of hydrogen-bond acceptors (Lipinski definition) is 6. The van der Waals surface area contributed by atoms with Gasteiger partial charge in [-0.1, -0.05) is 24.3 Å². The van der Waals surface area contributed by atoms with E-state index >= 15 is 0 Å². The van der Waals surface area contributed by atoms with E-state index in [4.69, 9.17) is 9.47 Å². The summed E-state index contributed by atoms with van der Waals surface area (Å²) in [7, 11) is 0. The van der Waals surface area contributed by atoms with Crippen LogP contribution >= 0.6 is 0 Å². The Kier molecular flexibility index (Phi) is 6.59. The van der Waals surface area contributed by atoms with Crippen LogP contribution in [0.15, 0.2) is 48.5 Å². The first-order valence-corrected chi connectivity index (χ1v) is 9.57. The minimum absolute atomic E-state index is 0.0456. The van der Waals surface area contributed by atoms with Crippen molar-refractivity contribution in [3.63, 3.8) is 0 Å². The fourth-order valence-corrected chi connectivity index (χ4v) is 3.08. The van der Waals surface area contributed by atoms with Crippen LogP contribution < -0.4 is 15.2 Å². The molecule has 0 saturated heterocycles. The van der Waals surface area contributed by atoms with Crippen LogP contribution in [-0.4, -0.2) is 40.6 Å². The molecule has 0 heterocycles. The van der Waals surface area contributed by atoms with Crippen molar-refractivity contribution in [1.29, 1.82) is 0 Å². The molecule has 1 unspecified atom stereocenters. The molecule has 3 aromatic rings. The first kappa shape index (κ1) is 21.2. The van der Waals surface area contributed by atoms with Gasteiger partial charge in [-0.25, -0.2) is 4.79 Å². The SMILES string of the molecule is C/C=c1/ccc(OCC(O)COC(=O)c2cc3cc(O)ccc3cc2O)c/c1=C/C. The molecule has 0 saturated carbocycles. The highest BCUT2D eigenvalue weighted by Gasteiger charge is 2.16. The monoisotopic (exact) mass is 408 g/mol. The second-order valence-corrected chi connectivity index (χ2v) is 6.83. The van der Waals surface area contributed by atoms with Gasteiger partial charge in [0.2, 0.25) is 0 Å². The van der Waals surface area contributed by atoms with Crippen LogP contribution in [0.3, 0.4) is 0 Å². The Morgan fingerprint density at radius 3 is 2.43 bits per heavy atom. The highest BCUT2D eigenvalue weighted by atomic mass is 16.5. The van der Waals surface area contributed by atoms with Crippen molar-refractivity contribution in [2.45, 2.75) is 20.0 Å². The summed E-state index contributed by atoms with van der Waals surface area (Å²) >= 11 is 0. The van der Waals surface area contributed by atoms with Gasteiger partial charge in [-0.2, -0.15) is 0 Å². The number of carbonyl (C=O) groups excluding carboxylic acids is 1. The highest BCUT2D eigenvalue weighted by Crippen LogP contribution is 2.28. The van der Waals surface area contributed by atoms with Gasteiger partial charge in [0.15, 0.2) is 0 Å². The molecule has 6 nitrogen and oxygen atoms in total. The predicted molar refractivity (Wildman–Crippen MR) is 115 cm³/mol. The quantitative estimate of drug-likeness (QED) is 0.542. The Hall–Kier alpha value is -3.51. The number of phenols is 2. The van der Waals surface area contributed by atoms with E-state index in [0.717, 1.165) is 10.4 Å². The summed E-state index contributed by atoms with van der Waals surface area (Å²) < 4.78 is 10.7. The Morgan fingerprint density at radius 1 is 0.933 bits per heavy atom. The fraction of sp³-hybridized carbons (Fsp3) is 0.208. The second kappa shape index (κ2) is 9.33.